The van der Waals surface area contributed by atoms with Crippen LogP contribution < -0.4 is 0 Å². The molecule has 1 N–H and O–H groups in total. The Kier molecular flexibility index (Phi) is 14.6. The molecule has 13 heteroatoms. The van der Waals surface area contributed by atoms with Crippen molar-refractivity contribution in [3.05, 3.63) is 12.5 Å². The van der Waals surface area contributed by atoms with Crippen LogP contribution in [0.3, 0.4) is 0 Å². The van der Waals surface area contributed by atoms with E-state index in [-0.39, 0.29) is 19.2 Å². The number of rotatable bonds is 17. The van der Waals surface area contributed by atoms with Crippen molar-refractivity contribution in [3.63, 3.8) is 0 Å². The number of carbonyl (C=O) groups is 1. The highest BCUT2D eigenvalue weighted by molar-refractivity contribution is 8.05. The molecular weight excluding hydrogens is 526 g/mol. The van der Waals surface area contributed by atoms with E-state index >= 15 is 0 Å². The molecule has 0 saturated carbocycles. The molecular formula is C25H49N5O6SSi. The number of hydrogen-bond donors (Lipinski definition) is 1. The van der Waals surface area contributed by atoms with Gasteiger partial charge in [0.2, 0.25) is 20.9 Å². The molecule has 0 bridgehead atoms. The van der Waals surface area contributed by atoms with Crippen molar-refractivity contribution in [1.29, 1.82) is 5.41 Å². The van der Waals surface area contributed by atoms with E-state index in [9.17, 15) is 13.2 Å². The molecule has 0 aromatic heterocycles. The van der Waals surface area contributed by atoms with E-state index in [1.54, 1.807) is 38.3 Å². The molecule has 0 aromatic carbocycles. The number of hydrogen-bond acceptors (Lipinski definition) is 10. The Balaban J connectivity index is 5.55. The summed E-state index contributed by atoms with van der Waals surface area (Å²) >= 11 is 0. The molecule has 0 radical (unpaired) electrons. The average molecular weight is 576 g/mol. The van der Waals surface area contributed by atoms with Gasteiger partial charge in [0.1, 0.15) is 13.3 Å². The van der Waals surface area contributed by atoms with Gasteiger partial charge in [-0.15, -0.1) is 0 Å². The monoisotopic (exact) mass is 575 g/mol. The molecule has 1 atom stereocenters. The molecule has 0 amide bonds. The van der Waals surface area contributed by atoms with E-state index in [1.807, 2.05) is 13.8 Å². The maximum atomic E-state index is 12.3. The smallest absolute Gasteiger partial charge is 0.314 e. The SMILES string of the molecule is C=C(N=CCCC(C)(C=NCC)N(C)N(COCC[Si](C)(C)C)C(=N)S(C)(=O)=O)OCC(C)(C)C(=O)OC. The lowest BCUT2D eigenvalue weighted by molar-refractivity contribution is -0.153. The molecule has 38 heavy (non-hydrogen) atoms. The Labute approximate surface area is 230 Å². The van der Waals surface area contributed by atoms with Crippen molar-refractivity contribution >= 4 is 41.5 Å². The number of amidine groups is 1. The fourth-order valence-corrected chi connectivity index (χ4v) is 4.35. The first-order valence-corrected chi connectivity index (χ1v) is 18.2. The summed E-state index contributed by atoms with van der Waals surface area (Å²) in [4.78, 5) is 20.4. The maximum Gasteiger partial charge on any atom is 0.314 e. The van der Waals surface area contributed by atoms with E-state index in [1.165, 1.54) is 12.1 Å². The number of nitrogens with one attached hydrogen (secondary N) is 1. The normalized spacial score (nSPS) is 14.6. The molecule has 0 fully saturated rings. The molecule has 220 valence electrons. The molecule has 0 aromatic rings. The van der Waals surface area contributed by atoms with E-state index in [4.69, 9.17) is 19.6 Å². The molecule has 0 heterocycles. The summed E-state index contributed by atoms with van der Waals surface area (Å²) in [7, 11) is -2.08. The molecule has 0 spiro atoms. The van der Waals surface area contributed by atoms with Crippen molar-refractivity contribution in [2.75, 3.05) is 46.9 Å². The largest absolute Gasteiger partial charge is 0.477 e. The van der Waals surface area contributed by atoms with Gasteiger partial charge in [0.15, 0.2) is 0 Å². The Hall–Kier alpha value is -2.09. The zero-order valence-electron chi connectivity index (χ0n) is 25.0. The number of carbonyl (C=O) groups excluding carboxylic acids is 1. The van der Waals surface area contributed by atoms with Gasteiger partial charge in [-0.3, -0.25) is 20.2 Å². The number of hydrazine groups is 1. The molecule has 1 unspecified atom stereocenters. The summed E-state index contributed by atoms with van der Waals surface area (Å²) in [5.74, 6) is -0.229. The van der Waals surface area contributed by atoms with Gasteiger partial charge in [-0.2, -0.15) is 0 Å². The van der Waals surface area contributed by atoms with Crippen molar-refractivity contribution < 1.29 is 27.4 Å². The highest BCUT2D eigenvalue weighted by Gasteiger charge is 2.35. The van der Waals surface area contributed by atoms with Crippen LogP contribution in [-0.4, -0.2) is 103 Å². The third-order valence-electron chi connectivity index (χ3n) is 5.80. The quantitative estimate of drug-likeness (QED) is 0.0404. The third-order valence-corrected chi connectivity index (χ3v) is 8.42. The minimum absolute atomic E-state index is 0.0692. The van der Waals surface area contributed by atoms with Crippen molar-refractivity contribution in [3.8, 4) is 0 Å². The van der Waals surface area contributed by atoms with Gasteiger partial charge in [0, 0.05) is 47.0 Å². The van der Waals surface area contributed by atoms with Gasteiger partial charge in [0.25, 0.3) is 0 Å². The van der Waals surface area contributed by atoms with Gasteiger partial charge in [0.05, 0.1) is 18.1 Å². The molecule has 11 nitrogen and oxygen atoms in total. The standard InChI is InChI=1S/C25H49N5O6SSi/c1-12-27-18-25(5,14-13-15-28-21(2)36-19-24(3,4)22(31)34-7)29(6)30(23(26)37(8,32)33)20-35-16-17-38(9,10)11/h15,18,26H,2,12-14,16-17,19-20H2,1,3-11H3. The summed E-state index contributed by atoms with van der Waals surface area (Å²) in [6, 6.07) is 0.921. The van der Waals surface area contributed by atoms with Crippen LogP contribution in [0.15, 0.2) is 22.4 Å². The Morgan fingerprint density at radius 2 is 1.82 bits per heavy atom. The van der Waals surface area contributed by atoms with Crippen molar-refractivity contribution in [1.82, 2.24) is 10.0 Å². The number of methoxy groups -OCH3 is 1. The van der Waals surface area contributed by atoms with Gasteiger partial charge >= 0.3 is 5.97 Å². The second-order valence-corrected chi connectivity index (χ2v) is 18.8. The summed E-state index contributed by atoms with van der Waals surface area (Å²) in [6.07, 6.45) is 5.40. The van der Waals surface area contributed by atoms with E-state index in [0.717, 1.165) is 12.3 Å². The maximum absolute atomic E-state index is 12.3. The summed E-state index contributed by atoms with van der Waals surface area (Å²) in [5.41, 5.74) is -1.59. The minimum atomic E-state index is -3.79. The summed E-state index contributed by atoms with van der Waals surface area (Å²) < 4.78 is 40.7. The fraction of sp³-hybridized carbons (Fsp3) is 0.760. The number of ether oxygens (including phenoxy) is 3. The van der Waals surface area contributed by atoms with Crippen LogP contribution in [0.4, 0.5) is 0 Å². The predicted molar refractivity (Wildman–Crippen MR) is 157 cm³/mol. The fourth-order valence-electron chi connectivity index (χ4n) is 3.04. The van der Waals surface area contributed by atoms with Crippen LogP contribution in [-0.2, 0) is 28.8 Å². The van der Waals surface area contributed by atoms with Gasteiger partial charge in [-0.1, -0.05) is 19.6 Å². The van der Waals surface area contributed by atoms with Crippen LogP contribution in [0.2, 0.25) is 25.7 Å². The molecule has 0 rings (SSSR count). The first-order valence-electron chi connectivity index (χ1n) is 12.6. The zero-order valence-corrected chi connectivity index (χ0v) is 26.8. The Bertz CT molecular complexity index is 962. The molecule has 0 aliphatic carbocycles. The number of nitrogens with zero attached hydrogens (tertiary/aromatic N) is 4. The van der Waals surface area contributed by atoms with Crippen LogP contribution in [0.5, 0.6) is 0 Å². The van der Waals surface area contributed by atoms with Crippen LogP contribution in [0.1, 0.15) is 40.5 Å². The molecule has 0 aliphatic heterocycles. The van der Waals surface area contributed by atoms with Crippen LogP contribution in [0.25, 0.3) is 0 Å². The summed E-state index contributed by atoms with van der Waals surface area (Å²) in [6.45, 7) is 18.7. The second-order valence-electron chi connectivity index (χ2n) is 11.2. The van der Waals surface area contributed by atoms with E-state index in [2.05, 4.69) is 36.2 Å². The lowest BCUT2D eigenvalue weighted by Crippen LogP contribution is -2.58. The zero-order chi connectivity index (χ0) is 29.8. The Morgan fingerprint density at radius 3 is 2.32 bits per heavy atom. The topological polar surface area (TPSA) is 134 Å². The summed E-state index contributed by atoms with van der Waals surface area (Å²) in [5, 5.41) is 10.8. The first kappa shape index (κ1) is 35.9. The number of aliphatic imine (C=N–C) groups is 2. The number of esters is 1. The van der Waals surface area contributed by atoms with Crippen molar-refractivity contribution in [2.24, 2.45) is 15.4 Å². The first-order chi connectivity index (χ1) is 17.3. The molecule has 0 aliphatic rings. The van der Waals surface area contributed by atoms with Gasteiger partial charge in [-0.25, -0.2) is 18.4 Å². The number of sulfone groups is 1. The third kappa shape index (κ3) is 13.1. The lowest BCUT2D eigenvalue weighted by atomic mass is 9.95. The molecule has 0 saturated heterocycles. The lowest BCUT2D eigenvalue weighted by Gasteiger charge is -2.43. The van der Waals surface area contributed by atoms with Crippen molar-refractivity contribution in [2.45, 2.75) is 71.8 Å². The minimum Gasteiger partial charge on any atom is -0.477 e. The van der Waals surface area contributed by atoms with Gasteiger partial charge in [-0.05, 0) is 53.2 Å². The predicted octanol–water partition coefficient (Wildman–Crippen LogP) is 3.81. The van der Waals surface area contributed by atoms with Gasteiger partial charge < -0.3 is 14.2 Å². The van der Waals surface area contributed by atoms with E-state index in [0.29, 0.717) is 26.0 Å². The van der Waals surface area contributed by atoms with Crippen LogP contribution >= 0.6 is 0 Å². The highest BCUT2D eigenvalue weighted by Crippen LogP contribution is 2.22. The second kappa shape index (κ2) is 15.5. The highest BCUT2D eigenvalue weighted by atomic mass is 32.2. The Morgan fingerprint density at radius 1 is 1.21 bits per heavy atom. The van der Waals surface area contributed by atoms with Crippen LogP contribution in [0, 0.1) is 10.8 Å². The average Bonchev–Trinajstić information content (AvgIpc) is 2.81. The van der Waals surface area contributed by atoms with E-state index < -0.39 is 40.0 Å².